The molecule has 0 atom stereocenters. The topological polar surface area (TPSA) is 68.9 Å². The molecule has 3 aromatic carbocycles. The second-order valence-corrected chi connectivity index (χ2v) is 10.4. The van der Waals surface area contributed by atoms with Crippen LogP contribution in [0.25, 0.3) is 27.8 Å². The highest BCUT2D eigenvalue weighted by Crippen LogP contribution is 2.30. The minimum atomic E-state index is -0.237. The Morgan fingerprint density at radius 3 is 2.47 bits per heavy atom. The predicted molar refractivity (Wildman–Crippen MR) is 157 cm³/mol. The molecule has 1 amide bonds. The summed E-state index contributed by atoms with van der Waals surface area (Å²) in [5.41, 5.74) is 6.19. The van der Waals surface area contributed by atoms with E-state index in [1.54, 1.807) is 16.7 Å². The van der Waals surface area contributed by atoms with Gasteiger partial charge in [-0.05, 0) is 54.3 Å². The third-order valence-corrected chi connectivity index (χ3v) is 7.63. The molecule has 0 unspecified atom stereocenters. The van der Waals surface area contributed by atoms with Crippen molar-refractivity contribution in [1.29, 1.82) is 0 Å². The fourth-order valence-corrected chi connectivity index (χ4v) is 5.48. The summed E-state index contributed by atoms with van der Waals surface area (Å²) in [6.45, 7) is 4.03. The maximum Gasteiger partial charge on any atom is 0.283 e. The molecule has 1 N–H and O–H groups in total. The molecule has 0 aliphatic heterocycles. The normalized spacial score (nSPS) is 11.2. The summed E-state index contributed by atoms with van der Waals surface area (Å²) in [6, 6.07) is 23.2. The lowest BCUT2D eigenvalue weighted by Crippen LogP contribution is -2.24. The zero-order chi connectivity index (χ0) is 26.8. The van der Waals surface area contributed by atoms with Crippen molar-refractivity contribution in [3.63, 3.8) is 0 Å². The van der Waals surface area contributed by atoms with Crippen molar-refractivity contribution in [3.8, 4) is 16.8 Å². The number of thioether (sulfide) groups is 1. The summed E-state index contributed by atoms with van der Waals surface area (Å²) in [6.07, 6.45) is 2.83. The van der Waals surface area contributed by atoms with Gasteiger partial charge in [0.05, 0.1) is 22.2 Å². The van der Waals surface area contributed by atoms with Crippen molar-refractivity contribution in [3.05, 3.63) is 105 Å². The highest BCUT2D eigenvalue weighted by Gasteiger charge is 2.20. The second-order valence-electron chi connectivity index (χ2n) is 9.09. The maximum atomic E-state index is 14.0. The van der Waals surface area contributed by atoms with Gasteiger partial charge in [-0.3, -0.25) is 14.2 Å². The van der Waals surface area contributed by atoms with E-state index in [0.29, 0.717) is 32.6 Å². The van der Waals surface area contributed by atoms with Gasteiger partial charge in [-0.1, -0.05) is 78.8 Å². The van der Waals surface area contributed by atoms with Gasteiger partial charge in [-0.15, -0.1) is 0 Å². The lowest BCUT2D eigenvalue weighted by atomic mass is 10.1. The van der Waals surface area contributed by atoms with E-state index in [2.05, 4.69) is 12.2 Å². The number of rotatable bonds is 7. The van der Waals surface area contributed by atoms with Crippen LogP contribution in [0.1, 0.15) is 18.1 Å². The van der Waals surface area contributed by atoms with Crippen LogP contribution in [0.4, 0.5) is 5.69 Å². The molecule has 0 radical (unpaired) electrons. The number of carbonyl (C=O) groups is 1. The van der Waals surface area contributed by atoms with Crippen LogP contribution in [-0.2, 0) is 18.3 Å². The number of aryl methyl sites for hydroxylation is 3. The number of fused-ring (bicyclic) bond motifs is 1. The minimum absolute atomic E-state index is 0.0582. The predicted octanol–water partition coefficient (Wildman–Crippen LogP) is 6.65. The molecular weight excluding hydrogens is 516 g/mol. The zero-order valence-corrected chi connectivity index (χ0v) is 22.9. The van der Waals surface area contributed by atoms with Crippen LogP contribution >= 0.6 is 23.4 Å². The number of amides is 1. The van der Waals surface area contributed by atoms with Gasteiger partial charge < -0.3 is 9.88 Å². The third kappa shape index (κ3) is 5.12. The first kappa shape index (κ1) is 25.8. The summed E-state index contributed by atoms with van der Waals surface area (Å²) >= 11 is 7.52. The average molecular weight is 543 g/mol. The zero-order valence-electron chi connectivity index (χ0n) is 21.4. The molecule has 0 saturated carbocycles. The lowest BCUT2D eigenvalue weighted by Gasteiger charge is -2.14. The van der Waals surface area contributed by atoms with Crippen LogP contribution in [0.5, 0.6) is 0 Å². The average Bonchev–Trinajstić information content (AvgIpc) is 3.26. The number of anilines is 1. The summed E-state index contributed by atoms with van der Waals surface area (Å²) in [5, 5.41) is 3.79. The standard InChI is InChI=1S/C30H27ClN4O2S/c1-4-20-11-13-22(14-12-20)35-29(37)28-27(23(17-34(28)3)21-8-6-5-7-9-21)33-30(35)38-18-26(36)32-25-15-10-19(2)16-24(25)31/h5-17H,4,18H2,1-3H3,(H,32,36). The Morgan fingerprint density at radius 1 is 1.05 bits per heavy atom. The number of nitrogens with one attached hydrogen (secondary N) is 1. The molecule has 38 heavy (non-hydrogen) atoms. The number of hydrogen-bond acceptors (Lipinski definition) is 4. The molecule has 5 aromatic rings. The second kappa shape index (κ2) is 10.9. The van der Waals surface area contributed by atoms with Crippen LogP contribution < -0.4 is 10.9 Å². The Hall–Kier alpha value is -3.81. The molecule has 0 spiro atoms. The van der Waals surface area contributed by atoms with Gasteiger partial charge in [0, 0.05) is 18.8 Å². The molecule has 0 fully saturated rings. The number of carbonyl (C=O) groups excluding carboxylic acids is 1. The Balaban J connectivity index is 1.58. The van der Waals surface area contributed by atoms with Crippen LogP contribution in [0.15, 0.2) is 88.9 Å². The van der Waals surface area contributed by atoms with E-state index in [-0.39, 0.29) is 17.2 Å². The Labute approximate surface area is 230 Å². The molecule has 6 nitrogen and oxygen atoms in total. The summed E-state index contributed by atoms with van der Waals surface area (Å²) in [4.78, 5) is 31.8. The molecular formula is C30H27ClN4O2S. The Kier molecular flexibility index (Phi) is 7.40. The van der Waals surface area contributed by atoms with Gasteiger partial charge in [-0.2, -0.15) is 0 Å². The van der Waals surface area contributed by atoms with E-state index >= 15 is 0 Å². The summed E-state index contributed by atoms with van der Waals surface area (Å²) in [7, 11) is 1.86. The highest BCUT2D eigenvalue weighted by atomic mass is 35.5. The van der Waals surface area contributed by atoms with E-state index < -0.39 is 0 Å². The number of halogens is 1. The van der Waals surface area contributed by atoms with Crippen molar-refractivity contribution in [2.75, 3.05) is 11.1 Å². The van der Waals surface area contributed by atoms with Gasteiger partial charge in [-0.25, -0.2) is 4.98 Å². The van der Waals surface area contributed by atoms with Crippen molar-refractivity contribution >= 4 is 46.0 Å². The van der Waals surface area contributed by atoms with Crippen molar-refractivity contribution in [2.24, 2.45) is 7.05 Å². The van der Waals surface area contributed by atoms with Crippen LogP contribution in [-0.4, -0.2) is 25.8 Å². The van der Waals surface area contributed by atoms with Gasteiger partial charge in [0.15, 0.2) is 5.16 Å². The molecule has 0 saturated heterocycles. The molecule has 8 heteroatoms. The van der Waals surface area contributed by atoms with Gasteiger partial charge in [0.25, 0.3) is 5.56 Å². The van der Waals surface area contributed by atoms with Gasteiger partial charge in [0.2, 0.25) is 5.91 Å². The van der Waals surface area contributed by atoms with E-state index in [0.717, 1.165) is 23.1 Å². The SMILES string of the molecule is CCc1ccc(-n2c(SCC(=O)Nc3ccc(C)cc3Cl)nc3c(-c4ccccc4)cn(C)c3c2=O)cc1. The van der Waals surface area contributed by atoms with E-state index in [1.807, 2.05) is 85.4 Å². The number of hydrogen-bond donors (Lipinski definition) is 1. The molecule has 2 heterocycles. The van der Waals surface area contributed by atoms with E-state index in [9.17, 15) is 9.59 Å². The molecule has 0 aliphatic carbocycles. The summed E-state index contributed by atoms with van der Waals surface area (Å²) in [5.74, 6) is -0.179. The summed E-state index contributed by atoms with van der Waals surface area (Å²) < 4.78 is 3.41. The van der Waals surface area contributed by atoms with E-state index in [4.69, 9.17) is 16.6 Å². The minimum Gasteiger partial charge on any atom is -0.344 e. The van der Waals surface area contributed by atoms with Gasteiger partial charge >= 0.3 is 0 Å². The van der Waals surface area contributed by atoms with Crippen LogP contribution in [0, 0.1) is 6.92 Å². The van der Waals surface area contributed by atoms with Crippen molar-refractivity contribution in [2.45, 2.75) is 25.4 Å². The lowest BCUT2D eigenvalue weighted by molar-refractivity contribution is -0.113. The highest BCUT2D eigenvalue weighted by molar-refractivity contribution is 7.99. The number of aromatic nitrogens is 3. The monoisotopic (exact) mass is 542 g/mol. The first-order valence-electron chi connectivity index (χ1n) is 12.3. The van der Waals surface area contributed by atoms with Crippen LogP contribution in [0.2, 0.25) is 5.02 Å². The fraction of sp³-hybridized carbons (Fsp3) is 0.167. The molecule has 0 bridgehead atoms. The Morgan fingerprint density at radius 2 is 1.79 bits per heavy atom. The van der Waals surface area contributed by atoms with Crippen LogP contribution in [0.3, 0.4) is 0 Å². The maximum absolute atomic E-state index is 14.0. The smallest absolute Gasteiger partial charge is 0.283 e. The first-order chi connectivity index (χ1) is 18.4. The third-order valence-electron chi connectivity index (χ3n) is 6.38. The molecule has 2 aromatic heterocycles. The number of nitrogens with zero attached hydrogens (tertiary/aromatic N) is 3. The quantitative estimate of drug-likeness (QED) is 0.185. The molecule has 5 rings (SSSR count). The van der Waals surface area contributed by atoms with E-state index in [1.165, 1.54) is 17.3 Å². The Bertz CT molecular complexity index is 1690. The fourth-order valence-electron chi connectivity index (χ4n) is 4.39. The molecule has 192 valence electrons. The first-order valence-corrected chi connectivity index (χ1v) is 13.7. The number of benzene rings is 3. The van der Waals surface area contributed by atoms with Crippen molar-refractivity contribution in [1.82, 2.24) is 14.1 Å². The van der Waals surface area contributed by atoms with Crippen molar-refractivity contribution < 1.29 is 4.79 Å². The largest absolute Gasteiger partial charge is 0.344 e. The molecule has 0 aliphatic rings. The van der Waals surface area contributed by atoms with Gasteiger partial charge in [0.1, 0.15) is 11.0 Å².